The highest BCUT2D eigenvalue weighted by Gasteiger charge is 2.42. The van der Waals surface area contributed by atoms with Gasteiger partial charge in [-0.3, -0.25) is 0 Å². The van der Waals surface area contributed by atoms with Gasteiger partial charge < -0.3 is 11.1 Å². The Hall–Kier alpha value is -0.790. The van der Waals surface area contributed by atoms with Crippen LogP contribution < -0.4 is 5.73 Å². The summed E-state index contributed by atoms with van der Waals surface area (Å²) in [6.07, 6.45) is 2.30. The molecule has 3 N–H and O–H groups in total. The van der Waals surface area contributed by atoms with Gasteiger partial charge in [-0.1, -0.05) is 6.92 Å². The number of nitrogens with one attached hydrogen (secondary N) is 1. The molecule has 0 unspecified atom stereocenters. The SMILES string of the molecule is C/C(N)=C(\C)C(=N)C1(C)CC1. The fourth-order valence-electron chi connectivity index (χ4n) is 1.09. The van der Waals surface area contributed by atoms with Crippen LogP contribution in [0.4, 0.5) is 0 Å². The average Bonchev–Trinajstić information content (AvgIpc) is 2.66. The average molecular weight is 152 g/mol. The molecule has 1 saturated carbocycles. The molecule has 0 aromatic heterocycles. The van der Waals surface area contributed by atoms with E-state index in [-0.39, 0.29) is 5.41 Å². The molecule has 1 fully saturated rings. The van der Waals surface area contributed by atoms with E-state index in [1.807, 2.05) is 13.8 Å². The molecule has 0 atom stereocenters. The third-order valence-corrected chi connectivity index (χ3v) is 2.57. The summed E-state index contributed by atoms with van der Waals surface area (Å²) in [5, 5.41) is 7.80. The molecule has 0 bridgehead atoms. The molecule has 1 aliphatic rings. The van der Waals surface area contributed by atoms with Crippen molar-refractivity contribution >= 4 is 5.71 Å². The number of rotatable bonds is 2. The molecule has 0 saturated heterocycles. The monoisotopic (exact) mass is 152 g/mol. The van der Waals surface area contributed by atoms with Crippen molar-refractivity contribution in [2.75, 3.05) is 0 Å². The number of hydrogen-bond donors (Lipinski definition) is 2. The predicted octanol–water partition coefficient (Wildman–Crippen LogP) is 2.06. The van der Waals surface area contributed by atoms with Crippen LogP contribution in [0.2, 0.25) is 0 Å². The van der Waals surface area contributed by atoms with E-state index in [2.05, 4.69) is 6.92 Å². The predicted molar refractivity (Wildman–Crippen MR) is 47.6 cm³/mol. The van der Waals surface area contributed by atoms with E-state index in [1.165, 1.54) is 0 Å². The molecule has 1 rings (SSSR count). The molecule has 1 aliphatic carbocycles. The number of hydrogen-bond acceptors (Lipinski definition) is 2. The number of allylic oxidation sites excluding steroid dienone is 2. The van der Waals surface area contributed by atoms with E-state index in [9.17, 15) is 0 Å². The molecule has 0 amide bonds. The van der Waals surface area contributed by atoms with Crippen molar-refractivity contribution in [2.24, 2.45) is 11.1 Å². The fourth-order valence-corrected chi connectivity index (χ4v) is 1.09. The second-order valence-corrected chi connectivity index (χ2v) is 3.74. The highest BCUT2D eigenvalue weighted by molar-refractivity contribution is 6.03. The minimum absolute atomic E-state index is 0.157. The molecule has 0 spiro atoms. The molecule has 11 heavy (non-hydrogen) atoms. The van der Waals surface area contributed by atoms with Crippen molar-refractivity contribution < 1.29 is 0 Å². The van der Waals surface area contributed by atoms with Gasteiger partial charge in [-0.2, -0.15) is 0 Å². The van der Waals surface area contributed by atoms with E-state index in [1.54, 1.807) is 0 Å². The van der Waals surface area contributed by atoms with Crippen LogP contribution >= 0.6 is 0 Å². The van der Waals surface area contributed by atoms with Gasteiger partial charge in [0.05, 0.1) is 0 Å². The summed E-state index contributed by atoms with van der Waals surface area (Å²) in [7, 11) is 0. The van der Waals surface area contributed by atoms with Gasteiger partial charge in [0.25, 0.3) is 0 Å². The zero-order chi connectivity index (χ0) is 8.65. The van der Waals surface area contributed by atoms with Crippen LogP contribution in [0.5, 0.6) is 0 Å². The van der Waals surface area contributed by atoms with E-state index in [0.29, 0.717) is 0 Å². The van der Waals surface area contributed by atoms with Gasteiger partial charge in [0.1, 0.15) is 0 Å². The van der Waals surface area contributed by atoms with E-state index >= 15 is 0 Å². The van der Waals surface area contributed by atoms with E-state index < -0.39 is 0 Å². The highest BCUT2D eigenvalue weighted by Crippen LogP contribution is 2.47. The largest absolute Gasteiger partial charge is 0.402 e. The van der Waals surface area contributed by atoms with Crippen molar-refractivity contribution in [2.45, 2.75) is 33.6 Å². The Bertz CT molecular complexity index is 218. The lowest BCUT2D eigenvalue weighted by Gasteiger charge is -2.11. The Kier molecular flexibility index (Phi) is 1.78. The zero-order valence-electron chi connectivity index (χ0n) is 7.49. The Labute approximate surface area is 68.0 Å². The maximum atomic E-state index is 7.80. The molecule has 2 nitrogen and oxygen atoms in total. The molecule has 0 aromatic rings. The Morgan fingerprint density at radius 3 is 2.09 bits per heavy atom. The van der Waals surface area contributed by atoms with Gasteiger partial charge in [0, 0.05) is 16.8 Å². The van der Waals surface area contributed by atoms with Crippen LogP contribution in [0.25, 0.3) is 0 Å². The lowest BCUT2D eigenvalue weighted by atomic mass is 9.96. The quantitative estimate of drug-likeness (QED) is 0.584. The molecular weight excluding hydrogens is 136 g/mol. The first-order valence-electron chi connectivity index (χ1n) is 4.00. The minimum atomic E-state index is 0.157. The highest BCUT2D eigenvalue weighted by atomic mass is 14.6. The lowest BCUT2D eigenvalue weighted by molar-refractivity contribution is 0.793. The van der Waals surface area contributed by atoms with Crippen LogP contribution in [0, 0.1) is 10.8 Å². The van der Waals surface area contributed by atoms with Crippen molar-refractivity contribution in [3.8, 4) is 0 Å². The lowest BCUT2D eigenvalue weighted by Crippen LogP contribution is -2.15. The van der Waals surface area contributed by atoms with Crippen LogP contribution in [0.3, 0.4) is 0 Å². The molecule has 0 radical (unpaired) electrons. The van der Waals surface area contributed by atoms with Crippen molar-refractivity contribution in [3.05, 3.63) is 11.3 Å². The van der Waals surface area contributed by atoms with E-state index in [0.717, 1.165) is 29.8 Å². The summed E-state index contributed by atoms with van der Waals surface area (Å²) in [5.74, 6) is 0. The van der Waals surface area contributed by atoms with Crippen LogP contribution in [-0.4, -0.2) is 5.71 Å². The van der Waals surface area contributed by atoms with Gasteiger partial charge in [0.15, 0.2) is 0 Å². The summed E-state index contributed by atoms with van der Waals surface area (Å²) in [4.78, 5) is 0. The van der Waals surface area contributed by atoms with Gasteiger partial charge in [-0.25, -0.2) is 0 Å². The van der Waals surface area contributed by atoms with Crippen molar-refractivity contribution in [3.63, 3.8) is 0 Å². The normalized spacial score (nSPS) is 22.5. The molecule has 2 heteroatoms. The summed E-state index contributed by atoms with van der Waals surface area (Å²) in [6, 6.07) is 0. The van der Waals surface area contributed by atoms with Crippen LogP contribution in [0.1, 0.15) is 33.6 Å². The van der Waals surface area contributed by atoms with Crippen LogP contribution in [0.15, 0.2) is 11.3 Å². The smallest absolute Gasteiger partial charge is 0.0419 e. The summed E-state index contributed by atoms with van der Waals surface area (Å²) >= 11 is 0. The Morgan fingerprint density at radius 2 is 1.82 bits per heavy atom. The standard InChI is InChI=1S/C9H16N2/c1-6(7(2)10)8(11)9(3)4-5-9/h11H,4-5,10H2,1-3H3/b7-6-,11-8?. The molecular formula is C9H16N2. The maximum Gasteiger partial charge on any atom is 0.0419 e. The topological polar surface area (TPSA) is 49.9 Å². The summed E-state index contributed by atoms with van der Waals surface area (Å²) in [5.41, 5.74) is 8.23. The first-order chi connectivity index (χ1) is 4.97. The minimum Gasteiger partial charge on any atom is -0.402 e. The van der Waals surface area contributed by atoms with Crippen molar-refractivity contribution in [1.29, 1.82) is 5.41 Å². The third kappa shape index (κ3) is 1.44. The van der Waals surface area contributed by atoms with Gasteiger partial charge in [0.2, 0.25) is 0 Å². The fraction of sp³-hybridized carbons (Fsp3) is 0.667. The zero-order valence-corrected chi connectivity index (χ0v) is 7.49. The second kappa shape index (κ2) is 2.36. The molecule has 62 valence electrons. The first kappa shape index (κ1) is 8.31. The molecule has 0 aliphatic heterocycles. The molecule has 0 aromatic carbocycles. The first-order valence-corrected chi connectivity index (χ1v) is 4.00. The second-order valence-electron chi connectivity index (χ2n) is 3.74. The summed E-state index contributed by atoms with van der Waals surface area (Å²) < 4.78 is 0. The van der Waals surface area contributed by atoms with Crippen LogP contribution in [-0.2, 0) is 0 Å². The number of nitrogens with two attached hydrogens (primary N) is 1. The van der Waals surface area contributed by atoms with Gasteiger partial charge in [-0.15, -0.1) is 0 Å². The van der Waals surface area contributed by atoms with Gasteiger partial charge >= 0.3 is 0 Å². The maximum absolute atomic E-state index is 7.80. The summed E-state index contributed by atoms with van der Waals surface area (Å²) in [6.45, 7) is 5.92. The Morgan fingerprint density at radius 1 is 1.36 bits per heavy atom. The molecule has 0 heterocycles. The Balaban J connectivity index is 2.77. The van der Waals surface area contributed by atoms with Crippen molar-refractivity contribution in [1.82, 2.24) is 0 Å². The van der Waals surface area contributed by atoms with Gasteiger partial charge in [-0.05, 0) is 32.3 Å². The van der Waals surface area contributed by atoms with E-state index in [4.69, 9.17) is 11.1 Å². The third-order valence-electron chi connectivity index (χ3n) is 2.57.